The van der Waals surface area contributed by atoms with E-state index in [1.54, 1.807) is 44.2 Å². The molecule has 1 unspecified atom stereocenters. The maximum atomic E-state index is 16.1. The normalized spacial score (nSPS) is 24.4. The van der Waals surface area contributed by atoms with Gasteiger partial charge >= 0.3 is 18.6 Å². The number of H-pyrrole nitrogens is 1. The number of aromatic nitrogens is 8. The van der Waals surface area contributed by atoms with Crippen LogP contribution in [0.1, 0.15) is 43.1 Å². The molecule has 6 heterocycles. The van der Waals surface area contributed by atoms with Crippen LogP contribution in [0.2, 0.25) is 0 Å². The van der Waals surface area contributed by atoms with Crippen molar-refractivity contribution < 1.29 is 55.1 Å². The Morgan fingerprint density at radius 1 is 1.05 bits per heavy atom. The van der Waals surface area contributed by atoms with Gasteiger partial charge in [0.1, 0.15) is 24.6 Å². The van der Waals surface area contributed by atoms with E-state index in [-0.39, 0.29) is 40.5 Å². The van der Waals surface area contributed by atoms with Crippen molar-refractivity contribution in [1.29, 1.82) is 0 Å². The summed E-state index contributed by atoms with van der Waals surface area (Å²) in [6.45, 7) is 1.99. The zero-order valence-electron chi connectivity index (χ0n) is 29.8. The number of nitrogens with one attached hydrogen (secondary N) is 4. The molecule has 0 radical (unpaired) electrons. The number of hydrogen-bond acceptors (Lipinski definition) is 16. The smallest absolute Gasteiger partial charge is 0.336 e. The fourth-order valence-corrected chi connectivity index (χ4v) is 7.67. The summed E-state index contributed by atoms with van der Waals surface area (Å²) in [5.41, 5.74) is -0.584. The Labute approximate surface area is 321 Å². The van der Waals surface area contributed by atoms with E-state index in [2.05, 4.69) is 45.3 Å². The van der Waals surface area contributed by atoms with Crippen molar-refractivity contribution in [2.75, 3.05) is 23.8 Å². The Balaban J connectivity index is 1.08. The van der Waals surface area contributed by atoms with Crippen molar-refractivity contribution in [3.8, 4) is 0 Å². The molecule has 2 aliphatic heterocycles. The third kappa shape index (κ3) is 8.46. The lowest BCUT2D eigenvalue weighted by Gasteiger charge is -2.22. The number of ether oxygens (including phenoxy) is 2. The molecule has 0 spiro atoms. The summed E-state index contributed by atoms with van der Waals surface area (Å²) in [6, 6.07) is 8.25. The number of aliphatic hydroxyl groups excluding tert-OH is 1. The zero-order valence-corrected chi connectivity index (χ0v) is 31.6. The molecule has 2 aliphatic rings. The average molecular weight is 836 g/mol. The van der Waals surface area contributed by atoms with E-state index in [0.717, 1.165) is 23.5 Å². The number of fused-ring (bicyclic) bond motifs is 2. The van der Waals surface area contributed by atoms with Crippen LogP contribution in [-0.4, -0.2) is 113 Å². The van der Waals surface area contributed by atoms with Gasteiger partial charge in [-0.15, -0.1) is 0 Å². The fourth-order valence-electron chi connectivity index (χ4n) is 6.22. The molecule has 304 valence electrons. The number of halogens is 1. The highest BCUT2D eigenvalue weighted by molar-refractivity contribution is 7.84. The molecule has 2 fully saturated rings. The minimum Gasteiger partial charge on any atom is -0.394 e. The highest BCUT2D eigenvalue weighted by Crippen LogP contribution is 2.39. The summed E-state index contributed by atoms with van der Waals surface area (Å²) in [4.78, 5) is 70.5. The standard InChI is InChI=1S/C31H35FN11O12PS/c1-14(2)26(45)40-31-39-25-21(28(47)41-31)36-13-43(25)29-17(8-16(10-44)52-29)55-57(50,51)37-9-18-22(54-56(48)49)19(32)30(53-18)42-12-35-20-23(33-11-34-24(20)42)38-27(46)15-6-4-3-5-7-15/h3-7,11-14,16-19,22,29-30,37,44,56H,8-10H2,1-2H3,(H,48,49)(H,33,34,38,46)(H2,39,40,41,45,47)/t16-,17+,18+,19+,22+,29+,30+/m0/s1. The van der Waals surface area contributed by atoms with E-state index in [1.807, 2.05) is 0 Å². The number of benzene rings is 1. The molecule has 5 aromatic rings. The van der Waals surface area contributed by atoms with Crippen molar-refractivity contribution >= 4 is 64.5 Å². The van der Waals surface area contributed by atoms with Crippen molar-refractivity contribution in [3.63, 3.8) is 0 Å². The molecular formula is C31H35FN11O12PS. The van der Waals surface area contributed by atoms with Crippen LogP contribution in [0.4, 0.5) is 16.2 Å². The second kappa shape index (κ2) is 16.4. The van der Waals surface area contributed by atoms with E-state index in [9.17, 15) is 37.4 Å². The highest BCUT2D eigenvalue weighted by atomic mass is 32.2. The third-order valence-electron chi connectivity index (χ3n) is 8.94. The number of hydrogen-bond donors (Lipinski definition) is 6. The van der Waals surface area contributed by atoms with Crippen molar-refractivity contribution in [2.24, 2.45) is 5.92 Å². The molecule has 6 N–H and O–H groups in total. The maximum absolute atomic E-state index is 16.1. The van der Waals surface area contributed by atoms with E-state index < -0.39 is 98.0 Å². The van der Waals surface area contributed by atoms with E-state index in [1.165, 1.54) is 4.57 Å². The van der Waals surface area contributed by atoms with Gasteiger partial charge in [-0.2, -0.15) is 18.1 Å². The predicted octanol–water partition coefficient (Wildman–Crippen LogP) is 0.308. The summed E-state index contributed by atoms with van der Waals surface area (Å²) >= 11 is 0. The first-order valence-corrected chi connectivity index (χ1v) is 19.8. The predicted molar refractivity (Wildman–Crippen MR) is 194 cm³/mol. The van der Waals surface area contributed by atoms with Crippen LogP contribution in [-0.2, 0) is 37.8 Å². The van der Waals surface area contributed by atoms with Crippen molar-refractivity contribution in [1.82, 2.24) is 43.8 Å². The SMILES string of the molecule is CC(C)C(=O)Nc1nc2c(ncn2[C@@H]2O[C@H](CO)C[C@H]2OS(=O)(=O)NC[C@H]2O[C@@H](n3cnc4c(NC(=O)c5ccccc5)ncnc43)[C@H](F)[C@@H]2O[PH](=O)O)c(=O)[nH]1. The Hall–Kier alpha value is -5.11. The maximum Gasteiger partial charge on any atom is 0.336 e. The summed E-state index contributed by atoms with van der Waals surface area (Å²) in [5.74, 6) is -1.60. The monoisotopic (exact) mass is 835 g/mol. The minimum atomic E-state index is -4.78. The van der Waals surface area contributed by atoms with Crippen LogP contribution >= 0.6 is 8.25 Å². The molecule has 57 heavy (non-hydrogen) atoms. The number of imidazole rings is 2. The number of anilines is 2. The zero-order chi connectivity index (χ0) is 40.6. The van der Waals surface area contributed by atoms with Crippen molar-refractivity contribution in [3.05, 3.63) is 65.2 Å². The minimum absolute atomic E-state index is 0.00192. The molecule has 4 aromatic heterocycles. The number of aromatic amines is 1. The second-order valence-corrected chi connectivity index (χ2v) is 15.3. The summed E-state index contributed by atoms with van der Waals surface area (Å²) in [7, 11) is -8.57. The van der Waals surface area contributed by atoms with Gasteiger partial charge in [0.2, 0.25) is 11.9 Å². The number of rotatable bonds is 14. The largest absolute Gasteiger partial charge is 0.394 e. The van der Waals surface area contributed by atoms with Gasteiger partial charge in [-0.25, -0.2) is 28.5 Å². The van der Waals surface area contributed by atoms with Gasteiger partial charge in [0, 0.05) is 24.4 Å². The second-order valence-electron chi connectivity index (χ2n) is 13.1. The molecule has 7 rings (SSSR count). The molecule has 26 heteroatoms. The van der Waals surface area contributed by atoms with E-state index in [0.29, 0.717) is 5.56 Å². The number of nitrogens with zero attached hydrogens (tertiary/aromatic N) is 7. The molecule has 8 atom stereocenters. The summed E-state index contributed by atoms with van der Waals surface area (Å²) < 4.78 is 81.2. The van der Waals surface area contributed by atoms with Gasteiger partial charge in [0.05, 0.1) is 25.4 Å². The first-order chi connectivity index (χ1) is 27.2. The molecule has 2 amide bonds. The lowest BCUT2D eigenvalue weighted by Crippen LogP contribution is -2.41. The molecule has 23 nitrogen and oxygen atoms in total. The van der Waals surface area contributed by atoms with Crippen molar-refractivity contribution in [2.45, 2.75) is 63.3 Å². The van der Waals surface area contributed by atoms with Gasteiger partial charge in [-0.05, 0) is 12.1 Å². The Bertz CT molecular complexity index is 2490. The van der Waals surface area contributed by atoms with Crippen LogP contribution in [0.3, 0.4) is 0 Å². The van der Waals surface area contributed by atoms with Gasteiger partial charge < -0.3 is 29.3 Å². The average Bonchev–Trinajstić information content (AvgIpc) is 3.96. The van der Waals surface area contributed by atoms with Gasteiger partial charge in [-0.1, -0.05) is 32.0 Å². The van der Waals surface area contributed by atoms with Crippen LogP contribution < -0.4 is 20.9 Å². The van der Waals surface area contributed by atoms with Crippen LogP contribution in [0.5, 0.6) is 0 Å². The van der Waals surface area contributed by atoms with Crippen LogP contribution in [0.15, 0.2) is 54.1 Å². The topological polar surface area (TPSA) is 306 Å². The first kappa shape index (κ1) is 40.1. The fraction of sp³-hybridized carbons (Fsp3) is 0.419. The number of aliphatic hydroxyl groups is 1. The van der Waals surface area contributed by atoms with E-state index in [4.69, 9.17) is 18.2 Å². The lowest BCUT2D eigenvalue weighted by molar-refractivity contribution is -0.118. The number of carbonyl (C=O) groups is 2. The Morgan fingerprint density at radius 2 is 1.77 bits per heavy atom. The molecule has 0 saturated carbocycles. The molecule has 0 bridgehead atoms. The molecule has 2 saturated heterocycles. The van der Waals surface area contributed by atoms with E-state index >= 15 is 4.39 Å². The molecular weight excluding hydrogens is 800 g/mol. The van der Waals surface area contributed by atoms with Crippen LogP contribution in [0, 0.1) is 5.92 Å². The number of carbonyl (C=O) groups excluding carboxylic acids is 2. The lowest BCUT2D eigenvalue weighted by atomic mass is 10.1. The number of amides is 2. The highest BCUT2D eigenvalue weighted by Gasteiger charge is 2.49. The van der Waals surface area contributed by atoms with Gasteiger partial charge in [0.15, 0.2) is 46.8 Å². The van der Waals surface area contributed by atoms with Crippen LogP contribution in [0.25, 0.3) is 22.3 Å². The third-order valence-corrected chi connectivity index (χ3v) is 10.4. The molecule has 1 aromatic carbocycles. The Kier molecular flexibility index (Phi) is 11.5. The Morgan fingerprint density at radius 3 is 2.47 bits per heavy atom. The molecule has 0 aliphatic carbocycles. The number of alkyl halides is 1. The van der Waals surface area contributed by atoms with Gasteiger partial charge in [0.25, 0.3) is 11.5 Å². The summed E-state index contributed by atoms with van der Waals surface area (Å²) in [6.07, 6.45) is -7.45. The quantitative estimate of drug-likeness (QED) is 0.0820. The van der Waals surface area contributed by atoms with Gasteiger partial charge in [-0.3, -0.25) is 38.4 Å². The summed E-state index contributed by atoms with van der Waals surface area (Å²) in [5, 5.41) is 15.0. The first-order valence-electron chi connectivity index (χ1n) is 17.2.